The fourth-order valence-electron chi connectivity index (χ4n) is 2.05. The van der Waals surface area contributed by atoms with E-state index in [2.05, 4.69) is 5.32 Å². The number of halogens is 1. The summed E-state index contributed by atoms with van der Waals surface area (Å²) in [5.41, 5.74) is -0.507. The Hall–Kier alpha value is -3.16. The number of ether oxygens (including phenoxy) is 2. The van der Waals surface area contributed by atoms with E-state index in [0.29, 0.717) is 6.61 Å². The van der Waals surface area contributed by atoms with Gasteiger partial charge in [-0.3, -0.25) is 14.9 Å². The van der Waals surface area contributed by atoms with Crippen molar-refractivity contribution in [3.05, 3.63) is 57.9 Å². The van der Waals surface area contributed by atoms with Gasteiger partial charge in [-0.1, -0.05) is 0 Å². The standard InChI is InChI=1S/C16H15FN2O5/c1-3-24-15-7-4-10(17)8-13(15)18-16(20)12-9-11(23-2)5-6-14(12)19(21)22/h4-9H,3H2,1-2H3,(H,18,20). The van der Waals surface area contributed by atoms with Crippen molar-refractivity contribution in [3.63, 3.8) is 0 Å². The Bertz CT molecular complexity index is 779. The van der Waals surface area contributed by atoms with Crippen LogP contribution in [0.25, 0.3) is 0 Å². The number of anilines is 1. The summed E-state index contributed by atoms with van der Waals surface area (Å²) in [4.78, 5) is 22.9. The van der Waals surface area contributed by atoms with Gasteiger partial charge in [-0.15, -0.1) is 0 Å². The zero-order valence-corrected chi connectivity index (χ0v) is 13.0. The second kappa shape index (κ2) is 7.40. The van der Waals surface area contributed by atoms with Crippen LogP contribution < -0.4 is 14.8 Å². The number of methoxy groups -OCH3 is 1. The van der Waals surface area contributed by atoms with Gasteiger partial charge >= 0.3 is 0 Å². The monoisotopic (exact) mass is 334 g/mol. The molecule has 2 rings (SSSR count). The molecule has 0 aromatic heterocycles. The van der Waals surface area contributed by atoms with Crippen molar-refractivity contribution >= 4 is 17.3 Å². The fourth-order valence-corrected chi connectivity index (χ4v) is 2.05. The molecule has 7 nitrogen and oxygen atoms in total. The van der Waals surface area contributed by atoms with Crippen molar-refractivity contribution in [1.82, 2.24) is 0 Å². The molecule has 2 aromatic carbocycles. The van der Waals surface area contributed by atoms with Crippen LogP contribution in [-0.2, 0) is 0 Å². The number of nitrogens with one attached hydrogen (secondary N) is 1. The molecule has 1 amide bonds. The number of hydrogen-bond acceptors (Lipinski definition) is 5. The van der Waals surface area contributed by atoms with E-state index in [-0.39, 0.29) is 28.4 Å². The van der Waals surface area contributed by atoms with Gasteiger partial charge in [0.1, 0.15) is 22.9 Å². The highest BCUT2D eigenvalue weighted by Crippen LogP contribution is 2.29. The quantitative estimate of drug-likeness (QED) is 0.646. The normalized spacial score (nSPS) is 10.1. The molecule has 0 aliphatic rings. The van der Waals surface area contributed by atoms with Gasteiger partial charge in [0.25, 0.3) is 11.6 Å². The van der Waals surface area contributed by atoms with Crippen LogP contribution >= 0.6 is 0 Å². The highest BCUT2D eigenvalue weighted by atomic mass is 19.1. The molecule has 0 aliphatic heterocycles. The topological polar surface area (TPSA) is 90.7 Å². The van der Waals surface area contributed by atoms with Crippen LogP contribution in [0, 0.1) is 15.9 Å². The molecular weight excluding hydrogens is 319 g/mol. The average Bonchev–Trinajstić information content (AvgIpc) is 2.56. The lowest BCUT2D eigenvalue weighted by atomic mass is 10.1. The van der Waals surface area contributed by atoms with Gasteiger partial charge in [0.05, 0.1) is 24.3 Å². The van der Waals surface area contributed by atoms with Gasteiger partial charge in [-0.2, -0.15) is 0 Å². The van der Waals surface area contributed by atoms with Gasteiger partial charge in [0.15, 0.2) is 0 Å². The molecule has 0 saturated carbocycles. The lowest BCUT2D eigenvalue weighted by molar-refractivity contribution is -0.385. The molecule has 2 aromatic rings. The first-order chi connectivity index (χ1) is 11.5. The third-order valence-corrected chi connectivity index (χ3v) is 3.13. The van der Waals surface area contributed by atoms with E-state index in [0.717, 1.165) is 6.07 Å². The fraction of sp³-hybridized carbons (Fsp3) is 0.188. The number of nitrogens with zero attached hydrogens (tertiary/aromatic N) is 1. The van der Waals surface area contributed by atoms with Gasteiger partial charge in [-0.25, -0.2) is 4.39 Å². The molecule has 0 fully saturated rings. The van der Waals surface area contributed by atoms with E-state index in [4.69, 9.17) is 9.47 Å². The zero-order chi connectivity index (χ0) is 17.7. The summed E-state index contributed by atoms with van der Waals surface area (Å²) in [5.74, 6) is -0.797. The zero-order valence-electron chi connectivity index (χ0n) is 13.0. The van der Waals surface area contributed by atoms with Crippen molar-refractivity contribution in [2.75, 3.05) is 19.0 Å². The molecule has 0 radical (unpaired) electrons. The van der Waals surface area contributed by atoms with Gasteiger partial charge in [-0.05, 0) is 31.2 Å². The number of nitro groups is 1. The number of benzene rings is 2. The highest BCUT2D eigenvalue weighted by Gasteiger charge is 2.22. The van der Waals surface area contributed by atoms with Crippen LogP contribution in [-0.4, -0.2) is 24.5 Å². The number of nitro benzene ring substituents is 1. The first-order valence-electron chi connectivity index (χ1n) is 7.02. The minimum Gasteiger partial charge on any atom is -0.497 e. The summed E-state index contributed by atoms with van der Waals surface area (Å²) in [6.07, 6.45) is 0. The molecule has 126 valence electrons. The second-order valence-electron chi connectivity index (χ2n) is 4.67. The summed E-state index contributed by atoms with van der Waals surface area (Å²) in [6, 6.07) is 7.43. The molecule has 1 N–H and O–H groups in total. The molecule has 0 unspecified atom stereocenters. The van der Waals surface area contributed by atoms with E-state index >= 15 is 0 Å². The Morgan fingerprint density at radius 2 is 2.04 bits per heavy atom. The van der Waals surface area contributed by atoms with Crippen molar-refractivity contribution in [2.24, 2.45) is 0 Å². The molecule has 0 heterocycles. The van der Waals surface area contributed by atoms with Crippen LogP contribution in [0.1, 0.15) is 17.3 Å². The first kappa shape index (κ1) is 17.2. The maximum atomic E-state index is 13.4. The molecule has 0 atom stereocenters. The van der Waals surface area contributed by atoms with Crippen LogP contribution in [0.4, 0.5) is 15.8 Å². The molecule has 0 aliphatic carbocycles. The molecule has 8 heteroatoms. The third kappa shape index (κ3) is 3.78. The molecule has 24 heavy (non-hydrogen) atoms. The maximum Gasteiger partial charge on any atom is 0.282 e. The third-order valence-electron chi connectivity index (χ3n) is 3.13. The Balaban J connectivity index is 2.40. The van der Waals surface area contributed by atoms with Crippen LogP contribution in [0.3, 0.4) is 0 Å². The number of carbonyl (C=O) groups excluding carboxylic acids is 1. The largest absolute Gasteiger partial charge is 0.497 e. The SMILES string of the molecule is CCOc1ccc(F)cc1NC(=O)c1cc(OC)ccc1[N+](=O)[O-]. The van der Waals surface area contributed by atoms with Crippen molar-refractivity contribution < 1.29 is 23.6 Å². The van der Waals surface area contributed by atoms with E-state index in [9.17, 15) is 19.3 Å². The summed E-state index contributed by atoms with van der Waals surface area (Å²) in [5, 5.41) is 13.5. The number of carbonyl (C=O) groups is 1. The summed E-state index contributed by atoms with van der Waals surface area (Å²) in [6.45, 7) is 2.05. The van der Waals surface area contributed by atoms with E-state index in [1.165, 1.54) is 37.4 Å². The molecule has 0 saturated heterocycles. The smallest absolute Gasteiger partial charge is 0.282 e. The lowest BCUT2D eigenvalue weighted by Crippen LogP contribution is -2.15. The molecular formula is C16H15FN2O5. The highest BCUT2D eigenvalue weighted by molar-refractivity contribution is 6.08. The van der Waals surface area contributed by atoms with Crippen molar-refractivity contribution in [3.8, 4) is 11.5 Å². The Morgan fingerprint density at radius 1 is 1.29 bits per heavy atom. The van der Waals surface area contributed by atoms with Crippen LogP contribution in [0.15, 0.2) is 36.4 Å². The van der Waals surface area contributed by atoms with Gasteiger partial charge in [0.2, 0.25) is 0 Å². The molecule has 0 spiro atoms. The van der Waals surface area contributed by atoms with Crippen molar-refractivity contribution in [2.45, 2.75) is 6.92 Å². The second-order valence-corrected chi connectivity index (χ2v) is 4.67. The van der Waals surface area contributed by atoms with E-state index < -0.39 is 16.6 Å². The predicted octanol–water partition coefficient (Wildman–Crippen LogP) is 3.39. The van der Waals surface area contributed by atoms with Crippen molar-refractivity contribution in [1.29, 1.82) is 0 Å². The lowest BCUT2D eigenvalue weighted by Gasteiger charge is -2.12. The Kier molecular flexibility index (Phi) is 5.31. The predicted molar refractivity (Wildman–Crippen MR) is 85.2 cm³/mol. The number of rotatable bonds is 6. The Morgan fingerprint density at radius 3 is 2.67 bits per heavy atom. The average molecular weight is 334 g/mol. The Labute approximate surface area is 137 Å². The minimum atomic E-state index is -0.771. The number of hydrogen-bond donors (Lipinski definition) is 1. The molecule has 0 bridgehead atoms. The number of amides is 1. The van der Waals surface area contributed by atoms with E-state index in [1.807, 2.05) is 0 Å². The van der Waals surface area contributed by atoms with Crippen LogP contribution in [0.5, 0.6) is 11.5 Å². The summed E-state index contributed by atoms with van der Waals surface area (Å²) < 4.78 is 23.7. The minimum absolute atomic E-state index is 0.0824. The first-order valence-corrected chi connectivity index (χ1v) is 7.02. The van der Waals surface area contributed by atoms with E-state index in [1.54, 1.807) is 6.92 Å². The van der Waals surface area contributed by atoms with Gasteiger partial charge in [0, 0.05) is 12.1 Å². The van der Waals surface area contributed by atoms with Crippen LogP contribution in [0.2, 0.25) is 0 Å². The maximum absolute atomic E-state index is 13.4. The van der Waals surface area contributed by atoms with Gasteiger partial charge < -0.3 is 14.8 Å². The summed E-state index contributed by atoms with van der Waals surface area (Å²) >= 11 is 0. The summed E-state index contributed by atoms with van der Waals surface area (Å²) in [7, 11) is 1.38.